The van der Waals surface area contributed by atoms with Gasteiger partial charge in [0.15, 0.2) is 5.82 Å². The van der Waals surface area contributed by atoms with Gasteiger partial charge in [-0.3, -0.25) is 4.79 Å². The molecule has 4 rings (SSSR count). The van der Waals surface area contributed by atoms with E-state index in [0.29, 0.717) is 17.1 Å². The maximum atomic E-state index is 14.4. The number of hydrogen-bond acceptors (Lipinski definition) is 4. The third-order valence-corrected chi connectivity index (χ3v) is 4.98. The van der Waals surface area contributed by atoms with E-state index >= 15 is 0 Å². The zero-order valence-electron chi connectivity index (χ0n) is 14.3. The van der Waals surface area contributed by atoms with Crippen LogP contribution < -0.4 is 10.6 Å². The number of benzene rings is 1. The Labute approximate surface area is 150 Å². The molecule has 2 aliphatic heterocycles. The number of amides is 1. The van der Waals surface area contributed by atoms with Gasteiger partial charge in [-0.2, -0.15) is 0 Å². The molecule has 0 bridgehead atoms. The molecule has 0 spiro atoms. The highest BCUT2D eigenvalue weighted by Crippen LogP contribution is 2.27. The van der Waals surface area contributed by atoms with Crippen LogP contribution in [0, 0.1) is 5.82 Å². The first-order valence-electron chi connectivity index (χ1n) is 9.02. The van der Waals surface area contributed by atoms with Crippen molar-refractivity contribution in [1.29, 1.82) is 0 Å². The topological polar surface area (TPSA) is 71.8 Å². The van der Waals surface area contributed by atoms with Crippen molar-refractivity contribution in [2.24, 2.45) is 0 Å². The molecule has 138 valence electrons. The minimum atomic E-state index is -1.01. The monoisotopic (exact) mass is 361 g/mol. The number of alkyl halides is 1. The molecule has 1 aromatic carbocycles. The van der Waals surface area contributed by atoms with Crippen molar-refractivity contribution in [1.82, 2.24) is 20.1 Å². The minimum absolute atomic E-state index is 0.150. The molecule has 0 saturated carbocycles. The molecule has 26 heavy (non-hydrogen) atoms. The van der Waals surface area contributed by atoms with Crippen LogP contribution in [0.1, 0.15) is 31.5 Å². The van der Waals surface area contributed by atoms with Crippen molar-refractivity contribution in [2.75, 3.05) is 11.9 Å². The number of halogens is 2. The first-order valence-corrected chi connectivity index (χ1v) is 9.02. The van der Waals surface area contributed by atoms with Crippen LogP contribution in [-0.4, -0.2) is 39.4 Å². The number of nitrogens with zero attached hydrogens (tertiary/aromatic N) is 3. The van der Waals surface area contributed by atoms with Gasteiger partial charge < -0.3 is 15.2 Å². The van der Waals surface area contributed by atoms with Crippen molar-refractivity contribution in [3.05, 3.63) is 29.8 Å². The lowest BCUT2D eigenvalue weighted by Crippen LogP contribution is -2.35. The summed E-state index contributed by atoms with van der Waals surface area (Å²) in [7, 11) is 0. The second-order valence-electron chi connectivity index (χ2n) is 6.88. The Kier molecular flexibility index (Phi) is 4.67. The number of carbonyl (C=O) groups excluding carboxylic acids is 1. The summed E-state index contributed by atoms with van der Waals surface area (Å²) in [5.74, 6) is 0.627. The molecule has 1 saturated heterocycles. The zero-order valence-corrected chi connectivity index (χ0v) is 14.3. The second-order valence-corrected chi connectivity index (χ2v) is 6.88. The lowest BCUT2D eigenvalue weighted by atomic mass is 10.1. The average molecular weight is 361 g/mol. The normalized spacial score (nSPS) is 22.7. The molecule has 2 aliphatic rings. The number of hydrogen-bond donors (Lipinski definition) is 2. The van der Waals surface area contributed by atoms with Crippen LogP contribution in [0.15, 0.2) is 18.2 Å². The van der Waals surface area contributed by atoms with Gasteiger partial charge >= 0.3 is 0 Å². The molecular weight excluding hydrogens is 340 g/mol. The molecule has 2 unspecified atom stereocenters. The van der Waals surface area contributed by atoms with Gasteiger partial charge in [0.25, 0.3) is 0 Å². The van der Waals surface area contributed by atoms with Gasteiger partial charge in [0, 0.05) is 31.6 Å². The van der Waals surface area contributed by atoms with E-state index in [2.05, 4.69) is 20.8 Å². The average Bonchev–Trinajstić information content (AvgIpc) is 3.16. The van der Waals surface area contributed by atoms with Gasteiger partial charge in [0.05, 0.1) is 11.6 Å². The van der Waals surface area contributed by atoms with E-state index in [-0.39, 0.29) is 18.9 Å². The van der Waals surface area contributed by atoms with Crippen LogP contribution in [0.2, 0.25) is 0 Å². The molecule has 3 heterocycles. The molecule has 6 nitrogen and oxygen atoms in total. The predicted octanol–water partition coefficient (Wildman–Crippen LogP) is 2.45. The molecule has 8 heteroatoms. The lowest BCUT2D eigenvalue weighted by Gasteiger charge is -2.13. The molecule has 1 fully saturated rings. The van der Waals surface area contributed by atoms with Gasteiger partial charge in [0.1, 0.15) is 17.8 Å². The van der Waals surface area contributed by atoms with Gasteiger partial charge in [-0.15, -0.1) is 10.2 Å². The SMILES string of the molecule is O=C(Nc1ccc(F)c(-c2nnc3n2CCCCC3)c1)C1CC(F)CN1. The number of anilines is 1. The fourth-order valence-electron chi connectivity index (χ4n) is 3.58. The Morgan fingerprint density at radius 2 is 2.15 bits per heavy atom. The summed E-state index contributed by atoms with van der Waals surface area (Å²) in [6.45, 7) is 0.941. The minimum Gasteiger partial charge on any atom is -0.325 e. The largest absolute Gasteiger partial charge is 0.325 e. The second kappa shape index (κ2) is 7.11. The fourth-order valence-corrected chi connectivity index (χ4v) is 3.58. The molecule has 1 aromatic heterocycles. The maximum Gasteiger partial charge on any atom is 0.241 e. The molecule has 2 atom stereocenters. The molecule has 2 aromatic rings. The Morgan fingerprint density at radius 1 is 1.27 bits per heavy atom. The number of aromatic nitrogens is 3. The summed E-state index contributed by atoms with van der Waals surface area (Å²) in [6.07, 6.45) is 3.15. The van der Waals surface area contributed by atoms with E-state index in [4.69, 9.17) is 0 Å². The summed E-state index contributed by atoms with van der Waals surface area (Å²) in [5, 5.41) is 14.0. The van der Waals surface area contributed by atoms with E-state index in [1.165, 1.54) is 12.1 Å². The summed E-state index contributed by atoms with van der Waals surface area (Å²) in [6, 6.07) is 3.81. The van der Waals surface area contributed by atoms with Crippen molar-refractivity contribution >= 4 is 11.6 Å². The van der Waals surface area contributed by atoms with Gasteiger partial charge in [-0.1, -0.05) is 6.42 Å². The zero-order chi connectivity index (χ0) is 18.1. The maximum absolute atomic E-state index is 14.4. The molecule has 1 amide bonds. The summed E-state index contributed by atoms with van der Waals surface area (Å²) in [5.41, 5.74) is 0.771. The van der Waals surface area contributed by atoms with Crippen LogP contribution in [0.5, 0.6) is 0 Å². The first kappa shape index (κ1) is 17.1. The van der Waals surface area contributed by atoms with Crippen LogP contribution >= 0.6 is 0 Å². The number of rotatable bonds is 3. The highest BCUT2D eigenvalue weighted by atomic mass is 19.1. The van der Waals surface area contributed by atoms with Gasteiger partial charge in [0.2, 0.25) is 5.91 Å². The lowest BCUT2D eigenvalue weighted by molar-refractivity contribution is -0.117. The van der Waals surface area contributed by atoms with Gasteiger partial charge in [-0.25, -0.2) is 8.78 Å². The molecule has 0 aliphatic carbocycles. The van der Waals surface area contributed by atoms with Crippen LogP contribution in [-0.2, 0) is 17.8 Å². The van der Waals surface area contributed by atoms with Crippen LogP contribution in [0.3, 0.4) is 0 Å². The highest BCUT2D eigenvalue weighted by Gasteiger charge is 2.29. The van der Waals surface area contributed by atoms with Crippen molar-refractivity contribution < 1.29 is 13.6 Å². The molecule has 0 radical (unpaired) electrons. The van der Waals surface area contributed by atoms with Crippen LogP contribution in [0.25, 0.3) is 11.4 Å². The van der Waals surface area contributed by atoms with E-state index in [1.807, 2.05) is 4.57 Å². The summed E-state index contributed by atoms with van der Waals surface area (Å²) in [4.78, 5) is 12.3. The first-order chi connectivity index (χ1) is 12.6. The quantitative estimate of drug-likeness (QED) is 0.881. The number of fused-ring (bicyclic) bond motifs is 1. The van der Waals surface area contributed by atoms with Gasteiger partial charge in [-0.05, 0) is 31.0 Å². The third-order valence-electron chi connectivity index (χ3n) is 4.98. The number of nitrogens with one attached hydrogen (secondary N) is 2. The van der Waals surface area contributed by atoms with Crippen molar-refractivity contribution in [3.8, 4) is 11.4 Å². The van der Waals surface area contributed by atoms with E-state index in [0.717, 1.165) is 38.1 Å². The Hall–Kier alpha value is -2.35. The number of carbonyl (C=O) groups is 1. The predicted molar refractivity (Wildman–Crippen MR) is 92.9 cm³/mol. The summed E-state index contributed by atoms with van der Waals surface area (Å²) < 4.78 is 29.7. The Bertz CT molecular complexity index is 822. The van der Waals surface area contributed by atoms with E-state index in [9.17, 15) is 13.6 Å². The summed E-state index contributed by atoms with van der Waals surface area (Å²) >= 11 is 0. The molecular formula is C18H21F2N5O. The highest BCUT2D eigenvalue weighted by molar-refractivity contribution is 5.95. The standard InChI is InChI=1S/C18H21F2N5O/c19-11-8-15(21-10-11)18(26)22-12-5-6-14(20)13(9-12)17-24-23-16-4-2-1-3-7-25(16)17/h5-6,9,11,15,21H,1-4,7-8,10H2,(H,22,26). The Morgan fingerprint density at radius 3 is 2.96 bits per heavy atom. The third kappa shape index (κ3) is 3.33. The fraction of sp³-hybridized carbons (Fsp3) is 0.500. The Balaban J connectivity index is 1.59. The van der Waals surface area contributed by atoms with Crippen molar-refractivity contribution in [2.45, 2.75) is 50.9 Å². The number of aryl methyl sites for hydroxylation is 1. The van der Waals surface area contributed by atoms with Crippen molar-refractivity contribution in [3.63, 3.8) is 0 Å². The van der Waals surface area contributed by atoms with E-state index in [1.54, 1.807) is 6.07 Å². The smallest absolute Gasteiger partial charge is 0.241 e. The molecule has 2 N–H and O–H groups in total. The van der Waals surface area contributed by atoms with E-state index < -0.39 is 18.0 Å². The van der Waals surface area contributed by atoms with Crippen LogP contribution in [0.4, 0.5) is 14.5 Å².